The predicted molar refractivity (Wildman–Crippen MR) is 80.2 cm³/mol. The number of hydrogen-bond acceptors (Lipinski definition) is 5. The zero-order valence-corrected chi connectivity index (χ0v) is 13.0. The summed E-state index contributed by atoms with van der Waals surface area (Å²) in [6.07, 6.45) is 5.63. The molecule has 20 heavy (non-hydrogen) atoms. The number of hydrogen-bond donors (Lipinski definition) is 1. The topological polar surface area (TPSA) is 51.2 Å². The van der Waals surface area contributed by atoms with Gasteiger partial charge in [-0.05, 0) is 38.5 Å². The van der Waals surface area contributed by atoms with E-state index in [1.54, 1.807) is 11.3 Å². The van der Waals surface area contributed by atoms with Crippen LogP contribution in [0.3, 0.4) is 0 Å². The van der Waals surface area contributed by atoms with E-state index in [0.29, 0.717) is 12.6 Å². The van der Waals surface area contributed by atoms with Crippen molar-refractivity contribution in [2.45, 2.75) is 57.9 Å². The van der Waals surface area contributed by atoms with Crippen LogP contribution in [0.15, 0.2) is 0 Å². The van der Waals surface area contributed by atoms with Crippen LogP contribution in [0, 0.1) is 5.92 Å². The summed E-state index contributed by atoms with van der Waals surface area (Å²) in [4.78, 5) is 17.8. The molecule has 5 heteroatoms. The van der Waals surface area contributed by atoms with Gasteiger partial charge in [0.25, 0.3) is 0 Å². The summed E-state index contributed by atoms with van der Waals surface area (Å²) < 4.78 is 5.14. The standard InChI is InChI=1S/C15H22N2O2S/c1-3-5-9-8-11(9)16-15-17-13-10(14(18)19-4-2)6-7-12(13)20-15/h9-11H,3-8H2,1-2H3,(H,16,17). The number of fused-ring (bicyclic) bond motifs is 1. The van der Waals surface area contributed by atoms with E-state index in [9.17, 15) is 4.79 Å². The van der Waals surface area contributed by atoms with Gasteiger partial charge in [-0.2, -0.15) is 0 Å². The molecule has 0 aromatic carbocycles. The second-order valence-corrected chi connectivity index (χ2v) is 6.79. The second kappa shape index (κ2) is 5.72. The molecule has 1 aromatic rings. The van der Waals surface area contributed by atoms with Gasteiger partial charge in [0.2, 0.25) is 0 Å². The minimum Gasteiger partial charge on any atom is -0.465 e. The fourth-order valence-corrected chi connectivity index (χ4v) is 4.13. The molecule has 110 valence electrons. The lowest BCUT2D eigenvalue weighted by Gasteiger charge is -2.08. The van der Waals surface area contributed by atoms with Crippen LogP contribution in [-0.4, -0.2) is 23.6 Å². The van der Waals surface area contributed by atoms with E-state index in [1.807, 2.05) is 6.92 Å². The van der Waals surface area contributed by atoms with Crippen molar-refractivity contribution in [3.05, 3.63) is 10.6 Å². The Morgan fingerprint density at radius 1 is 1.50 bits per heavy atom. The van der Waals surface area contributed by atoms with Gasteiger partial charge in [-0.3, -0.25) is 4.79 Å². The molecule has 2 aliphatic rings. The maximum atomic E-state index is 11.9. The molecule has 3 rings (SSSR count). The van der Waals surface area contributed by atoms with Crippen LogP contribution in [0.5, 0.6) is 0 Å². The first-order chi connectivity index (χ1) is 9.72. The van der Waals surface area contributed by atoms with Crippen molar-refractivity contribution >= 4 is 22.4 Å². The molecule has 0 radical (unpaired) electrons. The maximum Gasteiger partial charge on any atom is 0.315 e. The van der Waals surface area contributed by atoms with Crippen molar-refractivity contribution in [2.24, 2.45) is 5.92 Å². The summed E-state index contributed by atoms with van der Waals surface area (Å²) in [5.41, 5.74) is 0.962. The van der Waals surface area contributed by atoms with Crippen molar-refractivity contribution in [2.75, 3.05) is 11.9 Å². The predicted octanol–water partition coefficient (Wildman–Crippen LogP) is 3.34. The highest BCUT2D eigenvalue weighted by Crippen LogP contribution is 2.42. The molecule has 3 unspecified atom stereocenters. The Morgan fingerprint density at radius 2 is 2.35 bits per heavy atom. The van der Waals surface area contributed by atoms with Gasteiger partial charge in [0.1, 0.15) is 5.92 Å². The maximum absolute atomic E-state index is 11.9. The molecule has 1 fully saturated rings. The molecule has 1 heterocycles. The molecule has 0 amide bonds. The third-order valence-corrected chi connectivity index (χ3v) is 5.24. The number of ether oxygens (including phenoxy) is 1. The fourth-order valence-electron chi connectivity index (χ4n) is 3.03. The average Bonchev–Trinajstić information content (AvgIpc) is 2.83. The average molecular weight is 294 g/mol. The molecule has 3 atom stereocenters. The zero-order chi connectivity index (χ0) is 14.1. The summed E-state index contributed by atoms with van der Waals surface area (Å²) >= 11 is 1.72. The first kappa shape index (κ1) is 13.9. The number of anilines is 1. The Hall–Kier alpha value is -1.10. The van der Waals surface area contributed by atoms with E-state index < -0.39 is 0 Å². The fraction of sp³-hybridized carbons (Fsp3) is 0.733. The highest BCUT2D eigenvalue weighted by Gasteiger charge is 2.38. The number of carbonyl (C=O) groups is 1. The van der Waals surface area contributed by atoms with E-state index in [-0.39, 0.29) is 11.9 Å². The van der Waals surface area contributed by atoms with Gasteiger partial charge in [-0.1, -0.05) is 13.3 Å². The van der Waals surface area contributed by atoms with Crippen LogP contribution in [-0.2, 0) is 16.0 Å². The molecule has 1 saturated carbocycles. The number of nitrogens with one attached hydrogen (secondary N) is 1. The molecule has 4 nitrogen and oxygen atoms in total. The summed E-state index contributed by atoms with van der Waals surface area (Å²) in [6.45, 7) is 4.53. The molecular weight excluding hydrogens is 272 g/mol. The normalized spacial score (nSPS) is 27.2. The first-order valence-corrected chi connectivity index (χ1v) is 8.47. The Kier molecular flexibility index (Phi) is 3.96. The largest absolute Gasteiger partial charge is 0.465 e. The number of carbonyl (C=O) groups excluding carboxylic acids is 1. The lowest BCUT2D eigenvalue weighted by atomic mass is 10.1. The molecule has 0 spiro atoms. The lowest BCUT2D eigenvalue weighted by Crippen LogP contribution is -2.14. The zero-order valence-electron chi connectivity index (χ0n) is 12.1. The van der Waals surface area contributed by atoms with Crippen LogP contribution < -0.4 is 5.32 Å². The molecule has 2 aliphatic carbocycles. The Morgan fingerprint density at radius 3 is 3.10 bits per heavy atom. The number of nitrogens with zero attached hydrogens (tertiary/aromatic N) is 1. The minimum atomic E-state index is -0.137. The summed E-state index contributed by atoms with van der Waals surface area (Å²) in [5.74, 6) is 0.570. The van der Waals surface area contributed by atoms with Crippen molar-refractivity contribution in [3.63, 3.8) is 0 Å². The van der Waals surface area contributed by atoms with E-state index in [4.69, 9.17) is 4.74 Å². The SMILES string of the molecule is CCCC1CC1Nc1nc2c(s1)CCC2C(=O)OCC. The van der Waals surface area contributed by atoms with Crippen molar-refractivity contribution in [3.8, 4) is 0 Å². The summed E-state index contributed by atoms with van der Waals surface area (Å²) in [5, 5.41) is 4.52. The van der Waals surface area contributed by atoms with Crippen LogP contribution in [0.25, 0.3) is 0 Å². The van der Waals surface area contributed by atoms with Gasteiger partial charge in [-0.25, -0.2) is 4.98 Å². The van der Waals surface area contributed by atoms with E-state index in [1.165, 1.54) is 24.1 Å². The van der Waals surface area contributed by atoms with Gasteiger partial charge in [0.15, 0.2) is 5.13 Å². The van der Waals surface area contributed by atoms with Gasteiger partial charge >= 0.3 is 5.97 Å². The van der Waals surface area contributed by atoms with Gasteiger partial charge in [0.05, 0.1) is 12.3 Å². The number of aromatic nitrogens is 1. The quantitative estimate of drug-likeness (QED) is 0.818. The van der Waals surface area contributed by atoms with Crippen LogP contribution in [0.2, 0.25) is 0 Å². The Labute approximate surface area is 123 Å². The van der Waals surface area contributed by atoms with Crippen LogP contribution in [0.1, 0.15) is 56.0 Å². The van der Waals surface area contributed by atoms with Gasteiger partial charge < -0.3 is 10.1 Å². The van der Waals surface area contributed by atoms with Crippen LogP contribution in [0.4, 0.5) is 5.13 Å². The van der Waals surface area contributed by atoms with E-state index >= 15 is 0 Å². The number of rotatable bonds is 6. The number of esters is 1. The lowest BCUT2D eigenvalue weighted by molar-refractivity contribution is -0.145. The van der Waals surface area contributed by atoms with Crippen molar-refractivity contribution in [1.82, 2.24) is 4.98 Å². The van der Waals surface area contributed by atoms with Crippen molar-refractivity contribution < 1.29 is 9.53 Å². The third-order valence-electron chi connectivity index (χ3n) is 4.18. The smallest absolute Gasteiger partial charge is 0.315 e. The van der Waals surface area contributed by atoms with Crippen LogP contribution >= 0.6 is 11.3 Å². The molecule has 1 N–H and O–H groups in total. The molecule has 0 bridgehead atoms. The second-order valence-electron chi connectivity index (χ2n) is 5.71. The van der Waals surface area contributed by atoms with E-state index in [0.717, 1.165) is 29.6 Å². The first-order valence-electron chi connectivity index (χ1n) is 7.65. The number of thiazole rings is 1. The Bertz CT molecular complexity index is 500. The van der Waals surface area contributed by atoms with Gasteiger partial charge in [0, 0.05) is 10.9 Å². The highest BCUT2D eigenvalue weighted by atomic mass is 32.1. The highest BCUT2D eigenvalue weighted by molar-refractivity contribution is 7.15. The molecule has 0 saturated heterocycles. The molecule has 1 aromatic heterocycles. The molecule has 0 aliphatic heterocycles. The third kappa shape index (κ3) is 2.68. The molecular formula is C15H22N2O2S. The van der Waals surface area contributed by atoms with Gasteiger partial charge in [-0.15, -0.1) is 11.3 Å². The van der Waals surface area contributed by atoms with Crippen molar-refractivity contribution in [1.29, 1.82) is 0 Å². The number of aryl methyl sites for hydroxylation is 1. The minimum absolute atomic E-state index is 0.113. The summed E-state index contributed by atoms with van der Waals surface area (Å²) in [6, 6.07) is 0.599. The monoisotopic (exact) mass is 294 g/mol. The summed E-state index contributed by atoms with van der Waals surface area (Å²) in [7, 11) is 0. The Balaban J connectivity index is 1.63. The van der Waals surface area contributed by atoms with E-state index in [2.05, 4.69) is 17.2 Å².